The van der Waals surface area contributed by atoms with Gasteiger partial charge in [0.15, 0.2) is 5.82 Å². The van der Waals surface area contributed by atoms with Gasteiger partial charge in [-0.25, -0.2) is 9.18 Å². The second-order valence-electron chi connectivity index (χ2n) is 5.53. The van der Waals surface area contributed by atoms with Gasteiger partial charge in [0.25, 0.3) is 5.69 Å². The third-order valence-electron chi connectivity index (χ3n) is 3.65. The molecule has 1 heterocycles. The first-order chi connectivity index (χ1) is 13.4. The highest BCUT2D eigenvalue weighted by molar-refractivity contribution is 6.32. The molecule has 0 fully saturated rings. The van der Waals surface area contributed by atoms with Gasteiger partial charge in [-0.05, 0) is 35.0 Å². The van der Waals surface area contributed by atoms with Crippen molar-refractivity contribution in [2.75, 3.05) is 6.67 Å². The van der Waals surface area contributed by atoms with Crippen LogP contribution in [0.15, 0.2) is 41.2 Å². The maximum Gasteiger partial charge on any atom is 0.368 e. The van der Waals surface area contributed by atoms with E-state index in [0.717, 1.165) is 16.8 Å². The molecule has 28 heavy (non-hydrogen) atoms. The fourth-order valence-electron chi connectivity index (χ4n) is 2.30. The molecule has 2 aromatic carbocycles. The topological polar surface area (TPSA) is 105 Å². The number of aryl methyl sites for hydroxylation is 1. The van der Waals surface area contributed by atoms with Crippen LogP contribution in [0.25, 0.3) is 5.69 Å². The molecule has 1 aromatic heterocycles. The predicted octanol–water partition coefficient (Wildman–Crippen LogP) is 3.28. The lowest BCUT2D eigenvalue weighted by Crippen LogP contribution is -2.25. The van der Waals surface area contributed by atoms with E-state index in [4.69, 9.17) is 16.3 Å². The van der Waals surface area contributed by atoms with Crippen molar-refractivity contribution in [1.82, 2.24) is 19.8 Å². The van der Waals surface area contributed by atoms with E-state index in [1.54, 1.807) is 0 Å². The zero-order chi connectivity index (χ0) is 20.3. The molecule has 0 N–H and O–H groups in total. The summed E-state index contributed by atoms with van der Waals surface area (Å²) in [6.45, 7) is -0.640. The van der Waals surface area contributed by atoms with Crippen molar-refractivity contribution in [2.45, 2.75) is 13.0 Å². The highest BCUT2D eigenvalue weighted by Gasteiger charge is 2.17. The second kappa shape index (κ2) is 8.13. The van der Waals surface area contributed by atoms with Crippen LogP contribution in [0.1, 0.15) is 6.42 Å². The molecule has 0 atom stereocenters. The largest absolute Gasteiger partial charge is 0.456 e. The average Bonchev–Trinajstić information content (AvgIpc) is 3.03. The van der Waals surface area contributed by atoms with Gasteiger partial charge in [0.2, 0.25) is 0 Å². The van der Waals surface area contributed by atoms with Gasteiger partial charge in [-0.2, -0.15) is 9.36 Å². The van der Waals surface area contributed by atoms with Gasteiger partial charge in [-0.15, -0.1) is 0 Å². The van der Waals surface area contributed by atoms with Gasteiger partial charge >= 0.3 is 5.69 Å². The molecule has 9 nitrogen and oxygen atoms in total. The van der Waals surface area contributed by atoms with E-state index < -0.39 is 23.1 Å². The minimum absolute atomic E-state index is 0.00266. The molecule has 3 rings (SSSR count). The number of rotatable bonds is 7. The molecule has 3 aromatic rings. The number of nitrogens with zero attached hydrogens (tertiary/aromatic N) is 5. The third kappa shape index (κ3) is 3.98. The Kier molecular flexibility index (Phi) is 5.64. The first-order valence-corrected chi connectivity index (χ1v) is 8.29. The van der Waals surface area contributed by atoms with Gasteiger partial charge in [0.1, 0.15) is 17.2 Å². The van der Waals surface area contributed by atoms with E-state index in [1.165, 1.54) is 24.3 Å². The fourth-order valence-corrected chi connectivity index (χ4v) is 2.49. The second-order valence-corrected chi connectivity index (χ2v) is 5.93. The Labute approximate surface area is 160 Å². The first-order valence-electron chi connectivity index (χ1n) is 7.91. The molecule has 0 aliphatic heterocycles. The molecule has 0 aliphatic carbocycles. The van der Waals surface area contributed by atoms with Crippen LogP contribution in [-0.4, -0.2) is 31.4 Å². The molecular weight excluding hydrogens is 400 g/mol. The summed E-state index contributed by atoms with van der Waals surface area (Å²) in [5.41, 5.74) is -1.15. The molecule has 0 saturated carbocycles. The Morgan fingerprint density at radius 3 is 2.57 bits per heavy atom. The Morgan fingerprint density at radius 2 is 1.93 bits per heavy atom. The van der Waals surface area contributed by atoms with Crippen molar-refractivity contribution < 1.29 is 18.4 Å². The number of hydrogen-bond acceptors (Lipinski definition) is 6. The maximum absolute atomic E-state index is 14.3. The summed E-state index contributed by atoms with van der Waals surface area (Å²) in [5, 5.41) is 17.8. The van der Waals surface area contributed by atoms with E-state index in [9.17, 15) is 23.7 Å². The van der Waals surface area contributed by atoms with Crippen LogP contribution < -0.4 is 10.4 Å². The molecule has 0 spiro atoms. The van der Waals surface area contributed by atoms with Crippen molar-refractivity contribution in [3.8, 4) is 17.2 Å². The number of ether oxygens (including phenoxy) is 1. The minimum atomic E-state index is -0.847. The van der Waals surface area contributed by atoms with Crippen LogP contribution >= 0.6 is 11.6 Å². The van der Waals surface area contributed by atoms with Crippen LogP contribution in [0.4, 0.5) is 14.5 Å². The van der Waals surface area contributed by atoms with E-state index in [2.05, 4.69) is 10.4 Å². The van der Waals surface area contributed by atoms with Crippen molar-refractivity contribution in [3.05, 3.63) is 67.8 Å². The molecule has 0 aliphatic rings. The third-order valence-corrected chi connectivity index (χ3v) is 3.94. The van der Waals surface area contributed by atoms with Crippen LogP contribution in [0.3, 0.4) is 0 Å². The summed E-state index contributed by atoms with van der Waals surface area (Å²) >= 11 is 5.99. The molecular formula is C16H12ClF2N5O4. The lowest BCUT2D eigenvalue weighted by atomic mass is 10.2. The SMILES string of the molecule is O=c1n(CCCF)nnn1-c1cc(Oc2ccc([N+](=O)[O-])cc2)c(Cl)cc1F. The fraction of sp³-hybridized carbons (Fsp3) is 0.188. The lowest BCUT2D eigenvalue weighted by molar-refractivity contribution is -0.384. The van der Waals surface area contributed by atoms with E-state index in [-0.39, 0.29) is 40.9 Å². The molecule has 0 radical (unpaired) electrons. The van der Waals surface area contributed by atoms with E-state index in [0.29, 0.717) is 4.68 Å². The van der Waals surface area contributed by atoms with Gasteiger partial charge in [-0.3, -0.25) is 14.5 Å². The minimum Gasteiger partial charge on any atom is -0.456 e. The summed E-state index contributed by atoms with van der Waals surface area (Å²) in [6.07, 6.45) is 0.0657. The molecule has 0 unspecified atom stereocenters. The zero-order valence-corrected chi connectivity index (χ0v) is 14.8. The van der Waals surface area contributed by atoms with Crippen LogP contribution in [0.2, 0.25) is 5.02 Å². The Morgan fingerprint density at radius 1 is 1.21 bits per heavy atom. The van der Waals surface area contributed by atoms with Gasteiger partial charge in [0, 0.05) is 18.2 Å². The number of nitro benzene ring substituents is 1. The highest BCUT2D eigenvalue weighted by Crippen LogP contribution is 2.33. The molecule has 12 heteroatoms. The number of hydrogen-bond donors (Lipinski definition) is 0. The smallest absolute Gasteiger partial charge is 0.368 e. The maximum atomic E-state index is 14.3. The van der Waals surface area contributed by atoms with Crippen molar-refractivity contribution in [1.29, 1.82) is 0 Å². The van der Waals surface area contributed by atoms with Crippen molar-refractivity contribution in [2.24, 2.45) is 0 Å². The van der Waals surface area contributed by atoms with Gasteiger partial charge in [0.05, 0.1) is 23.2 Å². The number of benzene rings is 2. The lowest BCUT2D eigenvalue weighted by Gasteiger charge is -2.10. The van der Waals surface area contributed by atoms with Crippen LogP contribution in [0, 0.1) is 15.9 Å². The summed E-state index contributed by atoms with van der Waals surface area (Å²) < 4.78 is 33.7. The monoisotopic (exact) mass is 411 g/mol. The number of tetrazole rings is 1. The Hall–Kier alpha value is -3.34. The number of halogens is 3. The normalized spacial score (nSPS) is 10.8. The van der Waals surface area contributed by atoms with Gasteiger partial charge < -0.3 is 4.74 Å². The van der Waals surface area contributed by atoms with Gasteiger partial charge in [-0.1, -0.05) is 11.6 Å². The van der Waals surface area contributed by atoms with E-state index >= 15 is 0 Å². The Bertz CT molecular complexity index is 1070. The molecule has 0 bridgehead atoms. The molecule has 0 amide bonds. The average molecular weight is 412 g/mol. The van der Waals surface area contributed by atoms with Crippen molar-refractivity contribution >= 4 is 17.3 Å². The van der Waals surface area contributed by atoms with E-state index in [1.807, 2.05) is 0 Å². The standard InChI is InChI=1S/C16H12ClF2N5O4/c17-12-8-13(19)14(23-16(25)22(20-21-23)7-1-6-18)9-15(12)28-11-4-2-10(3-5-11)24(26)27/h2-5,8-9H,1,6-7H2. The number of aromatic nitrogens is 4. The predicted molar refractivity (Wildman–Crippen MR) is 94.3 cm³/mol. The highest BCUT2D eigenvalue weighted by atomic mass is 35.5. The quantitative estimate of drug-likeness (QED) is 0.436. The summed E-state index contributed by atoms with van der Waals surface area (Å²) in [7, 11) is 0. The zero-order valence-electron chi connectivity index (χ0n) is 14.1. The Balaban J connectivity index is 1.94. The molecule has 146 valence electrons. The first kappa shape index (κ1) is 19.4. The van der Waals surface area contributed by atoms with Crippen LogP contribution in [0.5, 0.6) is 11.5 Å². The number of non-ortho nitro benzene ring substituents is 1. The van der Waals surface area contributed by atoms with Crippen molar-refractivity contribution in [3.63, 3.8) is 0 Å². The summed E-state index contributed by atoms with van der Waals surface area (Å²) in [6, 6.07) is 7.23. The number of nitro groups is 1. The summed E-state index contributed by atoms with van der Waals surface area (Å²) in [4.78, 5) is 22.4. The van der Waals surface area contributed by atoms with Crippen LogP contribution in [-0.2, 0) is 6.54 Å². The summed E-state index contributed by atoms with van der Waals surface area (Å²) in [5.74, 6) is -0.637. The molecule has 0 saturated heterocycles. The number of alkyl halides is 1.